The summed E-state index contributed by atoms with van der Waals surface area (Å²) in [7, 11) is 0. The summed E-state index contributed by atoms with van der Waals surface area (Å²) in [4.78, 5) is 0. The first-order valence-corrected chi connectivity index (χ1v) is 12.0. The Labute approximate surface area is 193 Å². The van der Waals surface area contributed by atoms with Gasteiger partial charge in [-0.05, 0) is 78.2 Å². The minimum atomic E-state index is -0.821. The van der Waals surface area contributed by atoms with Crippen molar-refractivity contribution in [2.24, 2.45) is 0 Å². The Balaban J connectivity index is 1.50. The van der Waals surface area contributed by atoms with Gasteiger partial charge in [-0.2, -0.15) is 0 Å². The standard InChI is InChI=1S/C29H30F4/c1-3-5-22-14-15-23(27(31)26(22)30)20-10-12-21(13-11-20)25-17-16-24(28(32)29(25)33)19-8-6-18(4-2)7-9-19/h6-9,14-17,20-21H,3-5,10-13H2,1-2H3. The minimum absolute atomic E-state index is 0.101. The molecule has 3 aromatic rings. The van der Waals surface area contributed by atoms with E-state index in [4.69, 9.17) is 0 Å². The summed E-state index contributed by atoms with van der Waals surface area (Å²) in [5.41, 5.74) is 3.26. The third-order valence-corrected chi connectivity index (χ3v) is 7.10. The highest BCUT2D eigenvalue weighted by Crippen LogP contribution is 2.43. The topological polar surface area (TPSA) is 0 Å². The molecule has 0 unspecified atom stereocenters. The van der Waals surface area contributed by atoms with Crippen LogP contribution in [0.4, 0.5) is 17.6 Å². The summed E-state index contributed by atoms with van der Waals surface area (Å²) in [6.07, 6.45) is 4.63. The largest absolute Gasteiger partial charge is 0.203 e. The van der Waals surface area contributed by atoms with Crippen molar-refractivity contribution >= 4 is 0 Å². The van der Waals surface area contributed by atoms with Crippen molar-refractivity contribution in [1.82, 2.24) is 0 Å². The Bertz CT molecular complexity index is 1110. The van der Waals surface area contributed by atoms with Gasteiger partial charge in [0.05, 0.1) is 0 Å². The quantitative estimate of drug-likeness (QED) is 0.326. The van der Waals surface area contributed by atoms with Gasteiger partial charge in [0.15, 0.2) is 23.3 Å². The van der Waals surface area contributed by atoms with Gasteiger partial charge in [0.1, 0.15) is 0 Å². The van der Waals surface area contributed by atoms with Crippen LogP contribution in [0.15, 0.2) is 48.5 Å². The van der Waals surface area contributed by atoms with Crippen LogP contribution in [0.3, 0.4) is 0 Å². The second-order valence-electron chi connectivity index (χ2n) is 9.12. The van der Waals surface area contributed by atoms with E-state index in [0.717, 1.165) is 18.4 Å². The first kappa shape index (κ1) is 23.5. The Morgan fingerprint density at radius 3 is 1.73 bits per heavy atom. The van der Waals surface area contributed by atoms with Crippen molar-refractivity contribution in [3.05, 3.63) is 94.1 Å². The molecule has 0 aromatic heterocycles. The molecule has 0 heterocycles. The van der Waals surface area contributed by atoms with Crippen LogP contribution in [0.5, 0.6) is 0 Å². The average Bonchev–Trinajstić information content (AvgIpc) is 2.84. The van der Waals surface area contributed by atoms with E-state index in [9.17, 15) is 13.2 Å². The lowest BCUT2D eigenvalue weighted by atomic mass is 9.75. The fourth-order valence-electron chi connectivity index (χ4n) is 5.12. The maximum Gasteiger partial charge on any atom is 0.166 e. The highest BCUT2D eigenvalue weighted by Gasteiger charge is 2.29. The molecule has 4 rings (SSSR count). The summed E-state index contributed by atoms with van der Waals surface area (Å²) in [5, 5.41) is 0. The molecule has 0 atom stereocenters. The minimum Gasteiger partial charge on any atom is -0.203 e. The molecule has 1 aliphatic rings. The van der Waals surface area contributed by atoms with Crippen molar-refractivity contribution < 1.29 is 17.6 Å². The van der Waals surface area contributed by atoms with Crippen molar-refractivity contribution in [2.45, 2.75) is 70.6 Å². The molecular weight excluding hydrogens is 424 g/mol. The molecule has 0 bridgehead atoms. The van der Waals surface area contributed by atoms with Crippen LogP contribution in [0.2, 0.25) is 0 Å². The number of hydrogen-bond acceptors (Lipinski definition) is 0. The second kappa shape index (κ2) is 10.1. The number of hydrogen-bond donors (Lipinski definition) is 0. The molecular formula is C29H30F4. The summed E-state index contributed by atoms with van der Waals surface area (Å²) in [5.74, 6) is -3.34. The highest BCUT2D eigenvalue weighted by molar-refractivity contribution is 5.65. The zero-order valence-electron chi connectivity index (χ0n) is 19.2. The predicted molar refractivity (Wildman–Crippen MR) is 125 cm³/mol. The van der Waals surface area contributed by atoms with Gasteiger partial charge in [0.25, 0.3) is 0 Å². The molecule has 0 saturated heterocycles. The van der Waals surface area contributed by atoms with E-state index in [1.165, 1.54) is 0 Å². The summed E-state index contributed by atoms with van der Waals surface area (Å²) in [6, 6.07) is 14.2. The molecule has 3 aromatic carbocycles. The fourth-order valence-corrected chi connectivity index (χ4v) is 5.12. The van der Waals surface area contributed by atoms with Gasteiger partial charge < -0.3 is 0 Å². The number of benzene rings is 3. The third kappa shape index (κ3) is 4.71. The van der Waals surface area contributed by atoms with Crippen LogP contribution in [-0.2, 0) is 12.8 Å². The molecule has 1 saturated carbocycles. The summed E-state index contributed by atoms with van der Waals surface area (Å²) < 4.78 is 59.1. The van der Waals surface area contributed by atoms with Gasteiger partial charge in [-0.25, -0.2) is 17.6 Å². The van der Waals surface area contributed by atoms with Gasteiger partial charge in [-0.15, -0.1) is 0 Å². The summed E-state index contributed by atoms with van der Waals surface area (Å²) in [6.45, 7) is 3.98. The van der Waals surface area contributed by atoms with E-state index in [2.05, 4.69) is 0 Å². The van der Waals surface area contributed by atoms with E-state index in [-0.39, 0.29) is 17.4 Å². The molecule has 0 radical (unpaired) electrons. The number of rotatable bonds is 6. The van der Waals surface area contributed by atoms with Crippen molar-refractivity contribution in [3.63, 3.8) is 0 Å². The predicted octanol–water partition coefficient (Wildman–Crippen LogP) is 8.87. The van der Waals surface area contributed by atoms with Gasteiger partial charge >= 0.3 is 0 Å². The first-order valence-electron chi connectivity index (χ1n) is 12.0. The highest BCUT2D eigenvalue weighted by atomic mass is 19.2. The van der Waals surface area contributed by atoms with Gasteiger partial charge in [-0.3, -0.25) is 0 Å². The van der Waals surface area contributed by atoms with Crippen LogP contribution in [0.1, 0.15) is 80.0 Å². The molecule has 0 nitrogen and oxygen atoms in total. The first-order chi connectivity index (χ1) is 15.9. The normalized spacial score (nSPS) is 18.5. The lowest BCUT2D eigenvalue weighted by Crippen LogP contribution is -2.15. The second-order valence-corrected chi connectivity index (χ2v) is 9.12. The SMILES string of the molecule is CCCc1ccc(C2CCC(c3ccc(-c4ccc(CC)cc4)c(F)c3F)CC2)c(F)c1F. The van der Waals surface area contributed by atoms with Crippen LogP contribution in [-0.4, -0.2) is 0 Å². The van der Waals surface area contributed by atoms with Gasteiger partial charge in [0.2, 0.25) is 0 Å². The molecule has 1 fully saturated rings. The Kier molecular flexibility index (Phi) is 7.21. The summed E-state index contributed by atoms with van der Waals surface area (Å²) >= 11 is 0. The third-order valence-electron chi connectivity index (χ3n) is 7.10. The van der Waals surface area contributed by atoms with Crippen LogP contribution >= 0.6 is 0 Å². The number of halogens is 4. The smallest absolute Gasteiger partial charge is 0.166 e. The van der Waals surface area contributed by atoms with Crippen LogP contribution in [0.25, 0.3) is 11.1 Å². The molecule has 0 N–H and O–H groups in total. The molecule has 1 aliphatic carbocycles. The fraction of sp³-hybridized carbons (Fsp3) is 0.379. The number of aryl methyl sites for hydroxylation is 2. The van der Waals surface area contributed by atoms with Gasteiger partial charge in [-0.1, -0.05) is 68.8 Å². The van der Waals surface area contributed by atoms with Crippen LogP contribution < -0.4 is 0 Å². The van der Waals surface area contributed by atoms with Crippen LogP contribution in [0, 0.1) is 23.3 Å². The maximum absolute atomic E-state index is 15.0. The maximum atomic E-state index is 15.0. The molecule has 0 spiro atoms. The Morgan fingerprint density at radius 2 is 1.18 bits per heavy atom. The van der Waals surface area contributed by atoms with Crippen molar-refractivity contribution in [1.29, 1.82) is 0 Å². The van der Waals surface area contributed by atoms with E-state index >= 15 is 4.39 Å². The lowest BCUT2D eigenvalue weighted by molar-refractivity contribution is 0.369. The zero-order valence-corrected chi connectivity index (χ0v) is 19.2. The zero-order chi connectivity index (χ0) is 23.5. The van der Waals surface area contributed by atoms with E-state index in [1.54, 1.807) is 24.3 Å². The molecule has 174 valence electrons. The Hall–Kier alpha value is -2.62. The van der Waals surface area contributed by atoms with Crippen molar-refractivity contribution in [3.8, 4) is 11.1 Å². The average molecular weight is 455 g/mol. The Morgan fingerprint density at radius 1 is 0.636 bits per heavy atom. The van der Waals surface area contributed by atoms with E-state index < -0.39 is 23.3 Å². The molecule has 4 heteroatoms. The van der Waals surface area contributed by atoms with E-state index in [1.807, 2.05) is 38.1 Å². The van der Waals surface area contributed by atoms with E-state index in [0.29, 0.717) is 54.4 Å². The van der Waals surface area contributed by atoms with Gasteiger partial charge in [0, 0.05) is 5.56 Å². The molecule has 0 aliphatic heterocycles. The monoisotopic (exact) mass is 454 g/mol. The lowest BCUT2D eigenvalue weighted by Gasteiger charge is -2.30. The van der Waals surface area contributed by atoms with Crippen molar-refractivity contribution in [2.75, 3.05) is 0 Å². The molecule has 0 amide bonds. The molecule has 33 heavy (non-hydrogen) atoms.